The van der Waals surface area contributed by atoms with Crippen LogP contribution in [0, 0.1) is 0 Å². The molecule has 0 amide bonds. The Morgan fingerprint density at radius 3 is 2.65 bits per heavy atom. The van der Waals surface area contributed by atoms with E-state index in [1.165, 1.54) is 19.3 Å². The predicted molar refractivity (Wildman–Crippen MR) is 71.6 cm³/mol. The lowest BCUT2D eigenvalue weighted by Gasteiger charge is -2.24. The lowest BCUT2D eigenvalue weighted by molar-refractivity contribution is 0.0698. The van der Waals surface area contributed by atoms with Crippen molar-refractivity contribution in [2.75, 3.05) is 5.32 Å². The van der Waals surface area contributed by atoms with Gasteiger partial charge in [-0.3, -0.25) is 0 Å². The lowest BCUT2D eigenvalue weighted by atomic mass is 9.95. The molecule has 0 atom stereocenters. The van der Waals surface area contributed by atoms with Crippen LogP contribution < -0.4 is 5.32 Å². The van der Waals surface area contributed by atoms with E-state index in [1.54, 1.807) is 6.07 Å². The van der Waals surface area contributed by atoms with Crippen molar-refractivity contribution in [3.8, 4) is 0 Å². The second kappa shape index (κ2) is 5.54. The Bertz CT molecular complexity index is 414. The van der Waals surface area contributed by atoms with E-state index in [2.05, 4.69) is 21.2 Å². The summed E-state index contributed by atoms with van der Waals surface area (Å²) in [5.74, 6) is -0.885. The summed E-state index contributed by atoms with van der Waals surface area (Å²) in [4.78, 5) is 11.2. The molecule has 0 spiro atoms. The lowest BCUT2D eigenvalue weighted by Crippen LogP contribution is -2.23. The van der Waals surface area contributed by atoms with Crippen LogP contribution >= 0.6 is 15.9 Å². The zero-order valence-electron chi connectivity index (χ0n) is 9.58. The number of carboxylic acids is 1. The molecule has 0 bridgehead atoms. The highest BCUT2D eigenvalue weighted by molar-refractivity contribution is 9.10. The molecule has 0 radical (unpaired) electrons. The van der Waals surface area contributed by atoms with Crippen molar-refractivity contribution in [1.82, 2.24) is 0 Å². The van der Waals surface area contributed by atoms with E-state index in [-0.39, 0.29) is 0 Å². The molecule has 1 aromatic rings. The second-order valence-corrected chi connectivity index (χ2v) is 5.39. The highest BCUT2D eigenvalue weighted by Gasteiger charge is 2.16. The Kier molecular flexibility index (Phi) is 4.05. The zero-order valence-corrected chi connectivity index (χ0v) is 11.2. The van der Waals surface area contributed by atoms with Crippen LogP contribution in [-0.2, 0) is 0 Å². The molecule has 3 nitrogen and oxygen atoms in total. The number of carbonyl (C=O) groups is 1. The summed E-state index contributed by atoms with van der Waals surface area (Å²) in [6, 6.07) is 5.77. The van der Waals surface area contributed by atoms with Gasteiger partial charge >= 0.3 is 5.97 Å². The Labute approximate surface area is 109 Å². The zero-order chi connectivity index (χ0) is 12.3. The molecule has 0 aromatic heterocycles. The minimum absolute atomic E-state index is 0.338. The van der Waals surface area contributed by atoms with Crippen molar-refractivity contribution in [1.29, 1.82) is 0 Å². The first-order valence-electron chi connectivity index (χ1n) is 5.96. The number of rotatable bonds is 3. The minimum atomic E-state index is -0.885. The molecule has 1 fully saturated rings. The summed E-state index contributed by atoms with van der Waals surface area (Å²) < 4.78 is 0.795. The van der Waals surface area contributed by atoms with Gasteiger partial charge in [0.25, 0.3) is 0 Å². The highest BCUT2D eigenvalue weighted by atomic mass is 79.9. The van der Waals surface area contributed by atoms with Gasteiger partial charge < -0.3 is 10.4 Å². The fourth-order valence-electron chi connectivity index (χ4n) is 2.29. The minimum Gasteiger partial charge on any atom is -0.478 e. The van der Waals surface area contributed by atoms with E-state index in [0.717, 1.165) is 23.0 Å². The standard InChI is InChI=1S/C13H16BrNO2/c14-9-6-7-12(11(8-9)13(16)17)15-10-4-2-1-3-5-10/h6-8,10,15H,1-5H2,(H,16,17). The number of anilines is 1. The van der Waals surface area contributed by atoms with Gasteiger partial charge in [-0.25, -0.2) is 4.79 Å². The molecule has 0 saturated heterocycles. The normalized spacial score (nSPS) is 16.8. The van der Waals surface area contributed by atoms with Gasteiger partial charge in [0.2, 0.25) is 0 Å². The quantitative estimate of drug-likeness (QED) is 0.890. The molecule has 4 heteroatoms. The molecule has 2 N–H and O–H groups in total. The SMILES string of the molecule is O=C(O)c1cc(Br)ccc1NC1CCCCC1. The Balaban J connectivity index is 2.16. The number of aromatic carboxylic acids is 1. The van der Waals surface area contributed by atoms with Crippen molar-refractivity contribution in [3.63, 3.8) is 0 Å². The van der Waals surface area contributed by atoms with Crippen molar-refractivity contribution in [3.05, 3.63) is 28.2 Å². The van der Waals surface area contributed by atoms with Crippen LogP contribution in [0.4, 0.5) is 5.69 Å². The fourth-order valence-corrected chi connectivity index (χ4v) is 2.65. The summed E-state index contributed by atoms with van der Waals surface area (Å²) >= 11 is 3.30. The van der Waals surface area contributed by atoms with Gasteiger partial charge in [0, 0.05) is 16.2 Å². The monoisotopic (exact) mass is 297 g/mol. The smallest absolute Gasteiger partial charge is 0.337 e. The van der Waals surface area contributed by atoms with Gasteiger partial charge in [-0.1, -0.05) is 35.2 Å². The Morgan fingerprint density at radius 1 is 1.29 bits per heavy atom. The average molecular weight is 298 g/mol. The van der Waals surface area contributed by atoms with Gasteiger partial charge in [-0.15, -0.1) is 0 Å². The van der Waals surface area contributed by atoms with Crippen molar-refractivity contribution in [2.45, 2.75) is 38.1 Å². The maximum Gasteiger partial charge on any atom is 0.337 e. The molecular weight excluding hydrogens is 282 g/mol. The van der Waals surface area contributed by atoms with Crippen LogP contribution in [0.2, 0.25) is 0 Å². The molecule has 1 aliphatic rings. The number of hydrogen-bond acceptors (Lipinski definition) is 2. The number of nitrogens with one attached hydrogen (secondary N) is 1. The third-order valence-electron chi connectivity index (χ3n) is 3.18. The number of carboxylic acid groups (broad SMARTS) is 1. The fraction of sp³-hybridized carbons (Fsp3) is 0.462. The molecule has 1 aromatic carbocycles. The second-order valence-electron chi connectivity index (χ2n) is 4.47. The molecule has 0 unspecified atom stereocenters. The van der Waals surface area contributed by atoms with E-state index in [0.29, 0.717) is 11.6 Å². The molecule has 2 rings (SSSR count). The molecule has 0 heterocycles. The van der Waals surface area contributed by atoms with Crippen molar-refractivity contribution >= 4 is 27.6 Å². The molecule has 0 aliphatic heterocycles. The van der Waals surface area contributed by atoms with Gasteiger partial charge in [-0.05, 0) is 31.0 Å². The molecule has 92 valence electrons. The summed E-state index contributed by atoms with van der Waals surface area (Å²) in [5.41, 5.74) is 1.07. The van der Waals surface area contributed by atoms with E-state index >= 15 is 0 Å². The Morgan fingerprint density at radius 2 is 2.00 bits per heavy atom. The van der Waals surface area contributed by atoms with Crippen molar-refractivity contribution < 1.29 is 9.90 Å². The van der Waals surface area contributed by atoms with E-state index < -0.39 is 5.97 Å². The first-order valence-corrected chi connectivity index (χ1v) is 6.75. The van der Waals surface area contributed by atoms with Gasteiger partial charge in [0.15, 0.2) is 0 Å². The van der Waals surface area contributed by atoms with Crippen LogP contribution in [0.1, 0.15) is 42.5 Å². The van der Waals surface area contributed by atoms with Crippen LogP contribution in [0.15, 0.2) is 22.7 Å². The van der Waals surface area contributed by atoms with Gasteiger partial charge in [0.05, 0.1) is 5.56 Å². The first kappa shape index (κ1) is 12.4. The highest BCUT2D eigenvalue weighted by Crippen LogP contribution is 2.26. The van der Waals surface area contributed by atoms with Gasteiger partial charge in [0.1, 0.15) is 0 Å². The van der Waals surface area contributed by atoms with E-state index in [4.69, 9.17) is 5.11 Å². The summed E-state index contributed by atoms with van der Waals surface area (Å²) in [6.45, 7) is 0. The van der Waals surface area contributed by atoms with E-state index in [9.17, 15) is 4.79 Å². The van der Waals surface area contributed by atoms with Crippen LogP contribution in [0.3, 0.4) is 0 Å². The number of halogens is 1. The molecule has 1 saturated carbocycles. The predicted octanol–water partition coefficient (Wildman–Crippen LogP) is 3.89. The maximum absolute atomic E-state index is 11.2. The van der Waals surface area contributed by atoms with Crippen LogP contribution in [-0.4, -0.2) is 17.1 Å². The molecule has 1 aliphatic carbocycles. The van der Waals surface area contributed by atoms with E-state index in [1.807, 2.05) is 12.1 Å². The molecule has 17 heavy (non-hydrogen) atoms. The summed E-state index contributed by atoms with van der Waals surface area (Å²) in [6.07, 6.45) is 6.03. The summed E-state index contributed by atoms with van der Waals surface area (Å²) in [5, 5.41) is 12.5. The van der Waals surface area contributed by atoms with Gasteiger partial charge in [-0.2, -0.15) is 0 Å². The maximum atomic E-state index is 11.2. The molecular formula is C13H16BrNO2. The average Bonchev–Trinajstić information content (AvgIpc) is 2.32. The third kappa shape index (κ3) is 3.22. The summed E-state index contributed by atoms with van der Waals surface area (Å²) in [7, 11) is 0. The first-order chi connectivity index (χ1) is 8.16. The number of benzene rings is 1. The topological polar surface area (TPSA) is 49.3 Å². The number of hydrogen-bond donors (Lipinski definition) is 2. The van der Waals surface area contributed by atoms with Crippen molar-refractivity contribution in [2.24, 2.45) is 0 Å². The third-order valence-corrected chi connectivity index (χ3v) is 3.67. The largest absolute Gasteiger partial charge is 0.478 e. The van der Waals surface area contributed by atoms with Crippen LogP contribution in [0.25, 0.3) is 0 Å². The Hall–Kier alpha value is -1.03. The van der Waals surface area contributed by atoms with Crippen LogP contribution in [0.5, 0.6) is 0 Å².